The largest absolute Gasteiger partial charge is 0.449 e. The van der Waals surface area contributed by atoms with E-state index in [1.165, 1.54) is 16.0 Å². The Hall–Kier alpha value is -3.06. The van der Waals surface area contributed by atoms with Gasteiger partial charge in [0.2, 0.25) is 0 Å². The Labute approximate surface area is 198 Å². The first-order chi connectivity index (χ1) is 15.7. The highest BCUT2D eigenvalue weighted by molar-refractivity contribution is 7.15. The van der Waals surface area contributed by atoms with Gasteiger partial charge < -0.3 is 4.42 Å². The van der Waals surface area contributed by atoms with Gasteiger partial charge in [-0.3, -0.25) is 9.56 Å². The predicted molar refractivity (Wildman–Crippen MR) is 132 cm³/mol. The maximum absolute atomic E-state index is 5.73. The minimum atomic E-state index is -0.725. The van der Waals surface area contributed by atoms with Crippen molar-refractivity contribution in [2.75, 3.05) is 0 Å². The van der Waals surface area contributed by atoms with Gasteiger partial charge in [0.1, 0.15) is 22.6 Å². The Bertz CT molecular complexity index is 1340. The number of fused-ring (bicyclic) bond motifs is 3. The molecule has 0 N–H and O–H groups in total. The lowest BCUT2D eigenvalue weighted by atomic mass is 9.85. The number of oxazole rings is 1. The quantitative estimate of drug-likeness (QED) is 0.362. The Morgan fingerprint density at radius 2 is 1.76 bits per heavy atom. The number of aliphatic imine (C=N–C) groups is 1. The summed E-state index contributed by atoms with van der Waals surface area (Å²) in [4.78, 5) is 11.2. The zero-order valence-electron chi connectivity index (χ0n) is 20.2. The predicted octanol–water partition coefficient (Wildman–Crippen LogP) is 6.24. The molecule has 1 unspecified atom stereocenters. The molecule has 0 fully saturated rings. The van der Waals surface area contributed by atoms with Gasteiger partial charge in [0, 0.05) is 16.0 Å². The second-order valence-corrected chi connectivity index (χ2v) is 10.5. The molecule has 0 saturated carbocycles. The van der Waals surface area contributed by atoms with E-state index >= 15 is 0 Å². The average molecular weight is 460 g/mol. The van der Waals surface area contributed by atoms with Gasteiger partial charge in [0.15, 0.2) is 11.7 Å². The fraction of sp³-hybridized carbons (Fsp3) is 0.385. The fourth-order valence-electron chi connectivity index (χ4n) is 4.53. The van der Waals surface area contributed by atoms with Crippen LogP contribution in [0.15, 0.2) is 46.1 Å². The van der Waals surface area contributed by atoms with Crippen LogP contribution in [0.2, 0.25) is 0 Å². The van der Waals surface area contributed by atoms with Gasteiger partial charge in [-0.05, 0) is 44.7 Å². The molecule has 7 heteroatoms. The highest BCUT2D eigenvalue weighted by atomic mass is 32.1. The average Bonchev–Trinajstić information content (AvgIpc) is 3.51. The van der Waals surface area contributed by atoms with Crippen LogP contribution in [0.1, 0.15) is 84.2 Å². The zero-order valence-corrected chi connectivity index (χ0v) is 21.0. The van der Waals surface area contributed by atoms with Crippen molar-refractivity contribution >= 4 is 17.0 Å². The summed E-state index contributed by atoms with van der Waals surface area (Å²) in [5.41, 5.74) is 5.07. The van der Waals surface area contributed by atoms with E-state index in [2.05, 4.69) is 85.6 Å². The summed E-state index contributed by atoms with van der Waals surface area (Å²) in [7, 11) is 0. The first kappa shape index (κ1) is 21.8. The van der Waals surface area contributed by atoms with Crippen LogP contribution >= 0.6 is 11.3 Å². The maximum atomic E-state index is 5.73. The van der Waals surface area contributed by atoms with Crippen LogP contribution in [0.4, 0.5) is 0 Å². The minimum absolute atomic E-state index is 0.143. The molecule has 4 aromatic rings. The van der Waals surface area contributed by atoms with Gasteiger partial charge in [0.25, 0.3) is 0 Å². The molecule has 1 aromatic carbocycles. The van der Waals surface area contributed by atoms with Gasteiger partial charge in [-0.2, -0.15) is 0 Å². The highest BCUT2D eigenvalue weighted by Gasteiger charge is 2.45. The molecule has 0 bridgehead atoms. The van der Waals surface area contributed by atoms with Crippen molar-refractivity contribution in [3.8, 4) is 5.00 Å². The zero-order chi connectivity index (χ0) is 23.5. The standard InChI is InChI=1S/C26H29N5OS/c1-14(2)19-8-10-20(11-9-19)22-21-15(3)17(5)33-24(21)31-18(6)29-30-25(31)26(7,28-22)16(4)23-27-12-13-32-23/h8-14,16H,1-7H3/t16?,26-/m1/s1. The number of hydrogen-bond acceptors (Lipinski definition) is 6. The third-order valence-corrected chi connectivity index (χ3v) is 8.14. The van der Waals surface area contributed by atoms with E-state index in [-0.39, 0.29) is 5.92 Å². The van der Waals surface area contributed by atoms with E-state index < -0.39 is 5.54 Å². The SMILES string of the molecule is Cc1sc2c(c1C)C(c1ccc(C(C)C)cc1)=N[C@](C)(C(C)c1ncco1)c1nnc(C)n1-2. The van der Waals surface area contributed by atoms with Gasteiger partial charge in [-0.25, -0.2) is 4.98 Å². The molecule has 0 spiro atoms. The van der Waals surface area contributed by atoms with Gasteiger partial charge in [-0.1, -0.05) is 45.0 Å². The number of hydrogen-bond donors (Lipinski definition) is 0. The summed E-state index contributed by atoms with van der Waals surface area (Å²) < 4.78 is 7.90. The Kier molecular flexibility index (Phi) is 5.12. The van der Waals surface area contributed by atoms with Crippen LogP contribution in [0.25, 0.3) is 5.00 Å². The smallest absolute Gasteiger partial charge is 0.199 e. The molecule has 33 heavy (non-hydrogen) atoms. The molecule has 5 rings (SSSR count). The number of thiophene rings is 1. The van der Waals surface area contributed by atoms with Crippen molar-refractivity contribution < 1.29 is 4.42 Å². The Balaban J connectivity index is 1.82. The van der Waals surface area contributed by atoms with Gasteiger partial charge in [-0.15, -0.1) is 21.5 Å². The van der Waals surface area contributed by atoms with Crippen LogP contribution < -0.4 is 0 Å². The second-order valence-electron chi connectivity index (χ2n) is 9.35. The molecular weight excluding hydrogens is 430 g/mol. The summed E-state index contributed by atoms with van der Waals surface area (Å²) in [5.74, 6) is 2.63. The van der Waals surface area contributed by atoms with Crippen molar-refractivity contribution in [3.63, 3.8) is 0 Å². The van der Waals surface area contributed by atoms with Gasteiger partial charge in [0.05, 0.1) is 17.8 Å². The molecular formula is C26H29N5OS. The monoisotopic (exact) mass is 459 g/mol. The summed E-state index contributed by atoms with van der Waals surface area (Å²) >= 11 is 1.77. The van der Waals surface area contributed by atoms with Crippen LogP contribution in [0.3, 0.4) is 0 Å². The molecule has 170 valence electrons. The van der Waals surface area contributed by atoms with E-state index in [0.717, 1.165) is 33.5 Å². The lowest BCUT2D eigenvalue weighted by molar-refractivity contribution is 0.325. The van der Waals surface area contributed by atoms with Crippen LogP contribution in [-0.4, -0.2) is 25.5 Å². The summed E-state index contributed by atoms with van der Waals surface area (Å²) in [6.45, 7) is 15.0. The normalized spacial score (nSPS) is 18.6. The molecule has 0 radical (unpaired) electrons. The maximum Gasteiger partial charge on any atom is 0.199 e. The van der Waals surface area contributed by atoms with E-state index in [4.69, 9.17) is 9.41 Å². The van der Waals surface area contributed by atoms with Crippen LogP contribution in [0, 0.1) is 20.8 Å². The molecule has 6 nitrogen and oxygen atoms in total. The van der Waals surface area contributed by atoms with Crippen molar-refractivity contribution in [2.24, 2.45) is 4.99 Å². The Morgan fingerprint density at radius 3 is 2.39 bits per heavy atom. The van der Waals surface area contributed by atoms with E-state index in [1.807, 2.05) is 6.92 Å². The third-order valence-electron chi connectivity index (χ3n) is 6.94. The first-order valence-electron chi connectivity index (χ1n) is 11.3. The lowest BCUT2D eigenvalue weighted by Gasteiger charge is -2.29. The van der Waals surface area contributed by atoms with Crippen LogP contribution in [-0.2, 0) is 5.54 Å². The number of aryl methyl sites for hydroxylation is 2. The molecule has 2 atom stereocenters. The summed E-state index contributed by atoms with van der Waals surface area (Å²) in [6, 6.07) is 8.81. The number of aromatic nitrogens is 4. The van der Waals surface area contributed by atoms with E-state index in [9.17, 15) is 0 Å². The molecule has 4 heterocycles. The summed E-state index contributed by atoms with van der Waals surface area (Å²) in [5, 5.41) is 10.2. The molecule has 0 amide bonds. The molecule has 0 saturated heterocycles. The van der Waals surface area contributed by atoms with Crippen molar-refractivity contribution in [1.29, 1.82) is 0 Å². The topological polar surface area (TPSA) is 69.1 Å². The highest BCUT2D eigenvalue weighted by Crippen LogP contribution is 2.46. The minimum Gasteiger partial charge on any atom is -0.449 e. The molecule has 1 aliphatic rings. The second kappa shape index (κ2) is 7.76. The van der Waals surface area contributed by atoms with E-state index in [1.54, 1.807) is 23.8 Å². The summed E-state index contributed by atoms with van der Waals surface area (Å²) in [6.07, 6.45) is 3.29. The molecule has 3 aromatic heterocycles. The third kappa shape index (κ3) is 3.29. The lowest BCUT2D eigenvalue weighted by Crippen LogP contribution is -2.31. The van der Waals surface area contributed by atoms with Crippen molar-refractivity contribution in [3.05, 3.63) is 81.4 Å². The van der Waals surface area contributed by atoms with E-state index in [0.29, 0.717) is 11.8 Å². The van der Waals surface area contributed by atoms with Crippen molar-refractivity contribution in [2.45, 2.75) is 65.8 Å². The number of rotatable bonds is 4. The molecule has 1 aliphatic heterocycles. The van der Waals surface area contributed by atoms with Gasteiger partial charge >= 0.3 is 0 Å². The van der Waals surface area contributed by atoms with Crippen molar-refractivity contribution in [1.82, 2.24) is 19.7 Å². The fourth-order valence-corrected chi connectivity index (χ4v) is 5.74. The van der Waals surface area contributed by atoms with Crippen LogP contribution in [0.5, 0.6) is 0 Å². The Morgan fingerprint density at radius 1 is 1.03 bits per heavy atom. The number of nitrogens with zero attached hydrogens (tertiary/aromatic N) is 5. The first-order valence-corrected chi connectivity index (χ1v) is 12.2. The molecule has 0 aliphatic carbocycles. The number of benzene rings is 1.